The van der Waals surface area contributed by atoms with Gasteiger partial charge in [0.1, 0.15) is 5.82 Å². The molecule has 1 aromatic carbocycles. The van der Waals surface area contributed by atoms with Crippen molar-refractivity contribution >= 4 is 17.3 Å². The molecule has 1 aromatic heterocycles. The Morgan fingerprint density at radius 2 is 2.14 bits per heavy atom. The summed E-state index contributed by atoms with van der Waals surface area (Å²) in [5.41, 5.74) is 1.74. The number of rotatable bonds is 3. The molecule has 22 heavy (non-hydrogen) atoms. The lowest BCUT2D eigenvalue weighted by Gasteiger charge is -2.37. The highest BCUT2D eigenvalue weighted by atomic mass is 19.1. The zero-order valence-electron chi connectivity index (χ0n) is 12.7. The van der Waals surface area contributed by atoms with Crippen molar-refractivity contribution in [3.8, 4) is 0 Å². The van der Waals surface area contributed by atoms with Crippen LogP contribution < -0.4 is 9.80 Å². The van der Waals surface area contributed by atoms with Gasteiger partial charge in [-0.3, -0.25) is 9.48 Å². The zero-order valence-corrected chi connectivity index (χ0v) is 12.7. The van der Waals surface area contributed by atoms with Crippen molar-refractivity contribution in [3.05, 3.63) is 35.9 Å². The maximum atomic E-state index is 13.7. The lowest BCUT2D eigenvalue weighted by atomic mass is 10.1. The fraction of sp³-hybridized carbons (Fsp3) is 0.400. The Hall–Kier alpha value is -2.44. The number of hydrogen-bond donors (Lipinski definition) is 0. The molecule has 6 nitrogen and oxygen atoms in total. The Labute approximate surface area is 128 Å². The third-order valence-corrected chi connectivity index (χ3v) is 3.72. The van der Waals surface area contributed by atoms with Crippen LogP contribution in [-0.2, 0) is 7.05 Å². The SMILES string of the molecule is CCCN1CCN(C(=O)c2cn(C)nn2)c2cc(F)ccc21. The van der Waals surface area contributed by atoms with Crippen LogP contribution in [0.3, 0.4) is 0 Å². The number of aromatic nitrogens is 3. The van der Waals surface area contributed by atoms with Gasteiger partial charge in [0.05, 0.1) is 17.6 Å². The minimum absolute atomic E-state index is 0.254. The number of carbonyl (C=O) groups is 1. The first-order valence-corrected chi connectivity index (χ1v) is 7.33. The van der Waals surface area contributed by atoms with Crippen molar-refractivity contribution in [3.63, 3.8) is 0 Å². The van der Waals surface area contributed by atoms with E-state index in [4.69, 9.17) is 0 Å². The third kappa shape index (κ3) is 2.54. The number of carbonyl (C=O) groups excluding carboxylic acids is 1. The topological polar surface area (TPSA) is 54.3 Å². The average molecular weight is 303 g/mol. The highest BCUT2D eigenvalue weighted by molar-refractivity contribution is 6.07. The summed E-state index contributed by atoms with van der Waals surface area (Å²) in [6.45, 7) is 4.20. The smallest absolute Gasteiger partial charge is 0.280 e. The van der Waals surface area contributed by atoms with Crippen LogP contribution in [0.2, 0.25) is 0 Å². The normalized spacial score (nSPS) is 14.1. The molecule has 0 fully saturated rings. The summed E-state index contributed by atoms with van der Waals surface area (Å²) in [6.07, 6.45) is 2.56. The van der Waals surface area contributed by atoms with Crippen LogP contribution in [0.4, 0.5) is 15.8 Å². The first-order chi connectivity index (χ1) is 10.6. The lowest BCUT2D eigenvalue weighted by Crippen LogP contribution is -2.44. The van der Waals surface area contributed by atoms with E-state index in [2.05, 4.69) is 22.1 Å². The molecule has 0 bridgehead atoms. The van der Waals surface area contributed by atoms with Gasteiger partial charge in [-0.05, 0) is 24.6 Å². The molecule has 1 aliphatic rings. The molecular weight excluding hydrogens is 285 g/mol. The predicted molar refractivity (Wildman–Crippen MR) is 81.6 cm³/mol. The van der Waals surface area contributed by atoms with E-state index in [1.807, 2.05) is 0 Å². The molecule has 0 atom stereocenters. The third-order valence-electron chi connectivity index (χ3n) is 3.72. The van der Waals surface area contributed by atoms with E-state index in [1.165, 1.54) is 16.8 Å². The second kappa shape index (κ2) is 5.75. The van der Waals surface area contributed by atoms with Gasteiger partial charge >= 0.3 is 0 Å². The molecular formula is C15H18FN5O. The largest absolute Gasteiger partial charge is 0.368 e. The predicted octanol–water partition coefficient (Wildman–Crippen LogP) is 1.83. The van der Waals surface area contributed by atoms with Gasteiger partial charge in [-0.25, -0.2) is 4.39 Å². The molecule has 1 aliphatic heterocycles. The molecule has 1 amide bonds. The fourth-order valence-electron chi connectivity index (χ4n) is 2.74. The molecule has 2 aromatic rings. The van der Waals surface area contributed by atoms with Gasteiger partial charge in [-0.1, -0.05) is 12.1 Å². The Morgan fingerprint density at radius 1 is 1.32 bits per heavy atom. The minimum Gasteiger partial charge on any atom is -0.368 e. The van der Waals surface area contributed by atoms with Crippen molar-refractivity contribution < 1.29 is 9.18 Å². The molecule has 116 valence electrons. The lowest BCUT2D eigenvalue weighted by molar-refractivity contribution is 0.0981. The first kappa shape index (κ1) is 14.5. The molecule has 0 radical (unpaired) electrons. The summed E-state index contributed by atoms with van der Waals surface area (Å²) in [6, 6.07) is 4.57. The highest BCUT2D eigenvalue weighted by Crippen LogP contribution is 2.34. The van der Waals surface area contributed by atoms with Crippen LogP contribution in [-0.4, -0.2) is 40.5 Å². The quantitative estimate of drug-likeness (QED) is 0.868. The number of amides is 1. The number of hydrogen-bond acceptors (Lipinski definition) is 4. The number of anilines is 2. The van der Waals surface area contributed by atoms with Gasteiger partial charge in [-0.2, -0.15) is 0 Å². The van der Waals surface area contributed by atoms with Crippen LogP contribution in [0, 0.1) is 5.82 Å². The summed E-state index contributed by atoms with van der Waals surface area (Å²) in [5, 5.41) is 7.64. The van der Waals surface area contributed by atoms with E-state index in [0.29, 0.717) is 12.2 Å². The van der Waals surface area contributed by atoms with Crippen molar-refractivity contribution in [2.75, 3.05) is 29.4 Å². The van der Waals surface area contributed by atoms with Crippen LogP contribution >= 0.6 is 0 Å². The summed E-state index contributed by atoms with van der Waals surface area (Å²) >= 11 is 0. The monoisotopic (exact) mass is 303 g/mol. The average Bonchev–Trinajstić information content (AvgIpc) is 2.93. The molecule has 2 heterocycles. The second-order valence-corrected chi connectivity index (χ2v) is 5.35. The summed E-state index contributed by atoms with van der Waals surface area (Å²) in [4.78, 5) is 16.4. The maximum absolute atomic E-state index is 13.7. The zero-order chi connectivity index (χ0) is 15.7. The van der Waals surface area contributed by atoms with Gasteiger partial charge in [0, 0.05) is 26.7 Å². The Bertz CT molecular complexity index is 699. The fourth-order valence-corrected chi connectivity index (χ4v) is 2.74. The summed E-state index contributed by atoms with van der Waals surface area (Å²) in [5.74, 6) is -0.606. The molecule has 0 saturated heterocycles. The molecule has 0 spiro atoms. The number of aryl methyl sites for hydroxylation is 1. The second-order valence-electron chi connectivity index (χ2n) is 5.35. The van der Waals surface area contributed by atoms with Crippen LogP contribution in [0.5, 0.6) is 0 Å². The van der Waals surface area contributed by atoms with E-state index in [1.54, 1.807) is 24.2 Å². The van der Waals surface area contributed by atoms with E-state index < -0.39 is 0 Å². The van der Waals surface area contributed by atoms with Crippen LogP contribution in [0.15, 0.2) is 24.4 Å². The number of halogens is 1. The van der Waals surface area contributed by atoms with Crippen molar-refractivity contribution in [2.24, 2.45) is 7.05 Å². The summed E-state index contributed by atoms with van der Waals surface area (Å²) in [7, 11) is 1.70. The molecule has 0 aliphatic carbocycles. The van der Waals surface area contributed by atoms with Crippen molar-refractivity contribution in [1.29, 1.82) is 0 Å². The molecule has 0 unspecified atom stereocenters. The van der Waals surface area contributed by atoms with Crippen LogP contribution in [0.25, 0.3) is 0 Å². The molecule has 0 saturated carbocycles. The first-order valence-electron chi connectivity index (χ1n) is 7.33. The maximum Gasteiger partial charge on any atom is 0.280 e. The molecule has 3 rings (SSSR count). The van der Waals surface area contributed by atoms with Gasteiger partial charge in [0.2, 0.25) is 0 Å². The number of benzene rings is 1. The summed E-state index contributed by atoms with van der Waals surface area (Å²) < 4.78 is 15.1. The van der Waals surface area contributed by atoms with Crippen LogP contribution in [0.1, 0.15) is 23.8 Å². The minimum atomic E-state index is -0.353. The highest BCUT2D eigenvalue weighted by Gasteiger charge is 2.29. The Kier molecular flexibility index (Phi) is 3.79. The van der Waals surface area contributed by atoms with E-state index in [9.17, 15) is 9.18 Å². The number of fused-ring (bicyclic) bond motifs is 1. The van der Waals surface area contributed by atoms with Gasteiger partial charge in [-0.15, -0.1) is 5.10 Å². The molecule has 0 N–H and O–H groups in total. The van der Waals surface area contributed by atoms with Gasteiger partial charge < -0.3 is 9.80 Å². The number of nitrogens with zero attached hydrogens (tertiary/aromatic N) is 5. The van der Waals surface area contributed by atoms with Gasteiger partial charge in [0.25, 0.3) is 5.91 Å². The van der Waals surface area contributed by atoms with Crippen molar-refractivity contribution in [1.82, 2.24) is 15.0 Å². The van der Waals surface area contributed by atoms with E-state index >= 15 is 0 Å². The Morgan fingerprint density at radius 3 is 2.82 bits per heavy atom. The van der Waals surface area contributed by atoms with Crippen molar-refractivity contribution in [2.45, 2.75) is 13.3 Å². The van der Waals surface area contributed by atoms with E-state index in [-0.39, 0.29) is 17.4 Å². The van der Waals surface area contributed by atoms with Gasteiger partial charge in [0.15, 0.2) is 5.69 Å². The Balaban J connectivity index is 1.98. The standard InChI is InChI=1S/C15H18FN5O/c1-3-6-20-7-8-21(14-9-11(16)4-5-13(14)20)15(22)12-10-19(2)18-17-12/h4-5,9-10H,3,6-8H2,1-2H3. The van der Waals surface area contributed by atoms with E-state index in [0.717, 1.165) is 25.2 Å². The molecule has 7 heteroatoms.